The van der Waals surface area contributed by atoms with Crippen LogP contribution in [0.25, 0.3) is 0 Å². The molecule has 0 fully saturated rings. The zero-order valence-electron chi connectivity index (χ0n) is 10.2. The maximum absolute atomic E-state index is 10.4. The maximum Gasteiger partial charge on any atom is 0.213 e. The average molecular weight is 224 g/mol. The van der Waals surface area contributed by atoms with Gasteiger partial charge in [0.2, 0.25) is 12.4 Å². The Bertz CT molecular complexity index is 298. The first kappa shape index (κ1) is 12.7. The molecule has 0 aromatic heterocycles. The summed E-state index contributed by atoms with van der Waals surface area (Å²) in [6.45, 7) is 3.82. The van der Waals surface area contributed by atoms with Gasteiger partial charge in [0.1, 0.15) is 0 Å². The Kier molecular flexibility index (Phi) is 4.98. The third-order valence-electron chi connectivity index (χ3n) is 2.75. The van der Waals surface area contributed by atoms with Crippen molar-refractivity contribution in [2.24, 2.45) is 4.99 Å². The molecule has 0 aromatic rings. The lowest BCUT2D eigenvalue weighted by Gasteiger charge is -2.20. The Hall–Kier alpha value is -1.36. The molecule has 16 heavy (non-hydrogen) atoms. The number of hydrogen-bond donors (Lipinski definition) is 2. The largest absolute Gasteiger partial charge is 0.335 e. The van der Waals surface area contributed by atoms with Crippen LogP contribution in [0.5, 0.6) is 0 Å². The predicted octanol–water partition coefficient (Wildman–Crippen LogP) is -0.0418. The Labute approximate surface area is 96.6 Å². The minimum Gasteiger partial charge on any atom is -0.335 e. The number of rotatable bonds is 4. The zero-order valence-corrected chi connectivity index (χ0v) is 10.2. The van der Waals surface area contributed by atoms with Crippen LogP contribution in [0, 0.1) is 0 Å². The van der Waals surface area contributed by atoms with Gasteiger partial charge < -0.3 is 10.2 Å². The van der Waals surface area contributed by atoms with Crippen molar-refractivity contribution in [2.75, 3.05) is 27.2 Å². The molecule has 0 bridgehead atoms. The molecule has 1 amide bonds. The molecule has 1 aliphatic heterocycles. The molecule has 5 heteroatoms. The molecule has 90 valence electrons. The highest BCUT2D eigenvalue weighted by Gasteiger charge is 2.18. The first-order valence-corrected chi connectivity index (χ1v) is 5.48. The topological polar surface area (TPSA) is 56.7 Å². The van der Waals surface area contributed by atoms with E-state index in [1.165, 1.54) is 5.57 Å². The van der Waals surface area contributed by atoms with E-state index in [0.717, 1.165) is 19.5 Å². The highest BCUT2D eigenvalue weighted by Crippen LogP contribution is 2.14. The highest BCUT2D eigenvalue weighted by molar-refractivity contribution is 5.89. The van der Waals surface area contributed by atoms with Gasteiger partial charge >= 0.3 is 0 Å². The van der Waals surface area contributed by atoms with Gasteiger partial charge in [-0.3, -0.25) is 15.1 Å². The molecule has 1 rings (SSSR count). The van der Waals surface area contributed by atoms with Gasteiger partial charge in [-0.2, -0.15) is 0 Å². The van der Waals surface area contributed by atoms with Gasteiger partial charge in [0.05, 0.1) is 0 Å². The molecule has 0 aliphatic carbocycles. The van der Waals surface area contributed by atoms with E-state index >= 15 is 0 Å². The summed E-state index contributed by atoms with van der Waals surface area (Å²) in [4.78, 5) is 16.5. The molecule has 0 saturated heterocycles. The Morgan fingerprint density at radius 2 is 2.50 bits per heavy atom. The summed E-state index contributed by atoms with van der Waals surface area (Å²) in [5.74, 6) is 0.637. The van der Waals surface area contributed by atoms with Crippen LogP contribution in [0.2, 0.25) is 0 Å². The second-order valence-electron chi connectivity index (χ2n) is 3.95. The lowest BCUT2D eigenvalue weighted by molar-refractivity contribution is -0.108. The van der Waals surface area contributed by atoms with Crippen LogP contribution in [0.15, 0.2) is 16.6 Å². The van der Waals surface area contributed by atoms with Crippen molar-refractivity contribution in [1.82, 2.24) is 15.5 Å². The molecule has 0 aromatic carbocycles. The van der Waals surface area contributed by atoms with Crippen LogP contribution in [0.1, 0.15) is 13.3 Å². The molecule has 0 radical (unpaired) electrons. The van der Waals surface area contributed by atoms with E-state index in [4.69, 9.17) is 0 Å². The number of hydrogen-bond acceptors (Lipinski definition) is 3. The molecule has 1 aliphatic rings. The standard InChI is InChI=1S/C11H20N4O/c1-9(12-2)6-10-4-5-15(7-10)11(13-3)14-8-16/h4,8-9,12H,5-7H2,1-3H3,(H,13,14,16). The third-order valence-corrected chi connectivity index (χ3v) is 2.75. The third kappa shape index (κ3) is 3.34. The molecular formula is C11H20N4O. The van der Waals surface area contributed by atoms with Gasteiger partial charge in [-0.15, -0.1) is 0 Å². The van der Waals surface area contributed by atoms with Crippen molar-refractivity contribution in [2.45, 2.75) is 19.4 Å². The van der Waals surface area contributed by atoms with Crippen molar-refractivity contribution in [1.29, 1.82) is 0 Å². The van der Waals surface area contributed by atoms with E-state index in [1.54, 1.807) is 7.05 Å². The molecule has 0 spiro atoms. The normalized spacial score (nSPS) is 18.3. The summed E-state index contributed by atoms with van der Waals surface area (Å²) in [5, 5.41) is 5.82. The Morgan fingerprint density at radius 1 is 1.75 bits per heavy atom. The minimum absolute atomic E-state index is 0.479. The van der Waals surface area contributed by atoms with Gasteiger partial charge in [0, 0.05) is 26.2 Å². The Morgan fingerprint density at radius 3 is 3.06 bits per heavy atom. The number of amides is 1. The van der Waals surface area contributed by atoms with Gasteiger partial charge in [-0.25, -0.2) is 0 Å². The molecule has 1 unspecified atom stereocenters. The number of carbonyl (C=O) groups excluding carboxylic acids is 1. The predicted molar refractivity (Wildman–Crippen MR) is 65.4 cm³/mol. The minimum atomic E-state index is 0.479. The lowest BCUT2D eigenvalue weighted by atomic mass is 10.1. The highest BCUT2D eigenvalue weighted by atomic mass is 16.1. The average Bonchev–Trinajstić information content (AvgIpc) is 2.74. The van der Waals surface area contributed by atoms with E-state index in [-0.39, 0.29) is 0 Å². The summed E-state index contributed by atoms with van der Waals surface area (Å²) < 4.78 is 0. The fourth-order valence-corrected chi connectivity index (χ4v) is 1.77. The van der Waals surface area contributed by atoms with Gasteiger partial charge in [0.25, 0.3) is 0 Å². The van der Waals surface area contributed by atoms with Crippen LogP contribution in [-0.4, -0.2) is 50.5 Å². The lowest BCUT2D eigenvalue weighted by Crippen LogP contribution is -2.39. The summed E-state index contributed by atoms with van der Waals surface area (Å²) in [6, 6.07) is 0.479. The van der Waals surface area contributed by atoms with Crippen LogP contribution in [0.3, 0.4) is 0 Å². The quantitative estimate of drug-likeness (QED) is 0.305. The van der Waals surface area contributed by atoms with E-state index in [9.17, 15) is 4.79 Å². The number of guanidine groups is 1. The van der Waals surface area contributed by atoms with Crippen molar-refractivity contribution >= 4 is 12.4 Å². The van der Waals surface area contributed by atoms with Gasteiger partial charge in [-0.1, -0.05) is 11.6 Å². The van der Waals surface area contributed by atoms with Crippen LogP contribution in [0.4, 0.5) is 0 Å². The Balaban J connectivity index is 2.46. The van der Waals surface area contributed by atoms with E-state index in [2.05, 4.69) is 28.6 Å². The summed E-state index contributed by atoms with van der Waals surface area (Å²) >= 11 is 0. The van der Waals surface area contributed by atoms with Gasteiger partial charge in [0.15, 0.2) is 0 Å². The molecular weight excluding hydrogens is 204 g/mol. The van der Waals surface area contributed by atoms with Crippen molar-refractivity contribution in [3.05, 3.63) is 11.6 Å². The molecule has 5 nitrogen and oxygen atoms in total. The van der Waals surface area contributed by atoms with E-state index in [0.29, 0.717) is 18.4 Å². The summed E-state index contributed by atoms with van der Waals surface area (Å²) in [5.41, 5.74) is 1.38. The van der Waals surface area contributed by atoms with E-state index in [1.807, 2.05) is 11.9 Å². The fourth-order valence-electron chi connectivity index (χ4n) is 1.77. The molecule has 1 atom stereocenters. The number of carbonyl (C=O) groups is 1. The van der Waals surface area contributed by atoms with E-state index < -0.39 is 0 Å². The smallest absolute Gasteiger partial charge is 0.213 e. The monoisotopic (exact) mass is 224 g/mol. The second kappa shape index (κ2) is 6.27. The fraction of sp³-hybridized carbons (Fsp3) is 0.636. The molecule has 2 N–H and O–H groups in total. The van der Waals surface area contributed by atoms with Gasteiger partial charge in [-0.05, 0) is 20.4 Å². The first-order chi connectivity index (χ1) is 7.71. The van der Waals surface area contributed by atoms with Crippen molar-refractivity contribution in [3.63, 3.8) is 0 Å². The zero-order chi connectivity index (χ0) is 12.0. The second-order valence-corrected chi connectivity index (χ2v) is 3.95. The number of nitrogens with one attached hydrogen (secondary N) is 2. The van der Waals surface area contributed by atoms with Crippen molar-refractivity contribution in [3.8, 4) is 0 Å². The van der Waals surface area contributed by atoms with Crippen molar-refractivity contribution < 1.29 is 4.79 Å². The maximum atomic E-state index is 10.4. The molecule has 0 saturated carbocycles. The molecule has 1 heterocycles. The first-order valence-electron chi connectivity index (χ1n) is 5.48. The number of aliphatic imine (C=N–C) groups is 1. The summed E-state index contributed by atoms with van der Waals surface area (Å²) in [7, 11) is 3.64. The van der Waals surface area contributed by atoms with Crippen LogP contribution >= 0.6 is 0 Å². The SMILES string of the molecule is CN=C(NC=O)N1CC=C(CC(C)NC)C1. The van der Waals surface area contributed by atoms with Crippen LogP contribution < -0.4 is 10.6 Å². The van der Waals surface area contributed by atoms with Crippen LogP contribution in [-0.2, 0) is 4.79 Å². The summed E-state index contributed by atoms with van der Waals surface area (Å²) in [6.07, 6.45) is 3.90. The number of nitrogens with zero attached hydrogens (tertiary/aromatic N) is 2.